The van der Waals surface area contributed by atoms with Crippen LogP contribution in [0.1, 0.15) is 16.1 Å². The van der Waals surface area contributed by atoms with Gasteiger partial charge in [0.15, 0.2) is 5.82 Å². The first kappa shape index (κ1) is 12.7. The summed E-state index contributed by atoms with van der Waals surface area (Å²) in [6, 6.07) is 2.28. The van der Waals surface area contributed by atoms with E-state index < -0.39 is 23.2 Å². The molecule has 0 bridgehead atoms. The Morgan fingerprint density at radius 2 is 2.17 bits per heavy atom. The quantitative estimate of drug-likeness (QED) is 0.837. The zero-order valence-electron chi connectivity index (χ0n) is 9.22. The summed E-state index contributed by atoms with van der Waals surface area (Å²) < 4.78 is 27.1. The van der Waals surface area contributed by atoms with Crippen molar-refractivity contribution in [1.82, 2.24) is 10.2 Å². The molecule has 1 heterocycles. The normalized spacial score (nSPS) is 10.4. The Bertz CT molecular complexity index is 612. The minimum atomic E-state index is -0.861. The van der Waals surface area contributed by atoms with Gasteiger partial charge in [-0.1, -0.05) is 0 Å². The summed E-state index contributed by atoms with van der Waals surface area (Å²) in [7, 11) is 0. The topological polar surface area (TPSA) is 57.8 Å². The third kappa shape index (κ3) is 2.26. The third-order valence-corrected chi connectivity index (χ3v) is 2.95. The molecule has 0 fully saturated rings. The number of rotatable bonds is 2. The number of nitrogens with zero attached hydrogens (tertiary/aromatic N) is 1. The number of nitrogens with one attached hydrogen (secondary N) is 2. The van der Waals surface area contributed by atoms with Gasteiger partial charge in [0.1, 0.15) is 17.2 Å². The first-order valence-corrected chi connectivity index (χ1v) is 5.75. The minimum absolute atomic E-state index is 0.0699. The van der Waals surface area contributed by atoms with Crippen molar-refractivity contribution in [3.8, 4) is 0 Å². The number of hydrogen-bond acceptors (Lipinski definition) is 2. The van der Waals surface area contributed by atoms with Crippen molar-refractivity contribution in [2.24, 2.45) is 0 Å². The zero-order valence-corrected chi connectivity index (χ0v) is 10.8. The summed E-state index contributed by atoms with van der Waals surface area (Å²) in [4.78, 5) is 11.8. The lowest BCUT2D eigenvalue weighted by molar-refractivity contribution is 0.102. The van der Waals surface area contributed by atoms with E-state index in [0.29, 0.717) is 5.56 Å². The van der Waals surface area contributed by atoms with Gasteiger partial charge < -0.3 is 5.32 Å². The fraction of sp³-hybridized carbons (Fsp3) is 0.0909. The van der Waals surface area contributed by atoms with Gasteiger partial charge in [0.25, 0.3) is 5.91 Å². The molecule has 1 amide bonds. The fourth-order valence-corrected chi connectivity index (χ4v) is 1.72. The highest BCUT2D eigenvalue weighted by Crippen LogP contribution is 2.26. The van der Waals surface area contributed by atoms with Crippen LogP contribution in [0.4, 0.5) is 14.5 Å². The Morgan fingerprint density at radius 3 is 2.78 bits per heavy atom. The highest BCUT2D eigenvalue weighted by Gasteiger charge is 2.17. The van der Waals surface area contributed by atoms with Gasteiger partial charge in [-0.3, -0.25) is 9.89 Å². The Kier molecular flexibility index (Phi) is 3.42. The van der Waals surface area contributed by atoms with Gasteiger partial charge in [0.05, 0.1) is 10.7 Å². The summed E-state index contributed by atoms with van der Waals surface area (Å²) in [5.41, 5.74) is 0.250. The van der Waals surface area contributed by atoms with Gasteiger partial charge in [-0.25, -0.2) is 8.78 Å². The smallest absolute Gasteiger partial charge is 0.274 e. The number of aryl methyl sites for hydroxylation is 1. The van der Waals surface area contributed by atoms with E-state index in [-0.39, 0.29) is 10.2 Å². The molecule has 0 saturated carbocycles. The third-order valence-electron chi connectivity index (χ3n) is 2.34. The van der Waals surface area contributed by atoms with E-state index in [0.717, 1.165) is 6.07 Å². The second-order valence-corrected chi connectivity index (χ2v) is 4.45. The monoisotopic (exact) mass is 315 g/mol. The first-order chi connectivity index (χ1) is 8.50. The minimum Gasteiger partial charge on any atom is -0.316 e. The summed E-state index contributed by atoms with van der Waals surface area (Å²) in [5, 5.41) is 8.30. The number of H-pyrrole nitrogens is 1. The van der Waals surface area contributed by atoms with Gasteiger partial charge >= 0.3 is 0 Å². The summed E-state index contributed by atoms with van der Waals surface area (Å²) in [6.45, 7) is 1.66. The Morgan fingerprint density at radius 1 is 1.44 bits per heavy atom. The van der Waals surface area contributed by atoms with E-state index in [1.54, 1.807) is 6.92 Å². The van der Waals surface area contributed by atoms with Gasteiger partial charge in [-0.05, 0) is 40.5 Å². The predicted molar refractivity (Wildman–Crippen MR) is 65.3 cm³/mol. The van der Waals surface area contributed by atoms with Gasteiger partial charge in [0, 0.05) is 0 Å². The highest BCUT2D eigenvalue weighted by molar-refractivity contribution is 9.10. The summed E-state index contributed by atoms with van der Waals surface area (Å²) >= 11 is 2.92. The van der Waals surface area contributed by atoms with Crippen LogP contribution < -0.4 is 5.32 Å². The van der Waals surface area contributed by atoms with Crippen molar-refractivity contribution in [3.63, 3.8) is 0 Å². The summed E-state index contributed by atoms with van der Waals surface area (Å²) in [6.07, 6.45) is 1.45. The molecule has 0 saturated heterocycles. The number of carbonyl (C=O) groups is 1. The van der Waals surface area contributed by atoms with E-state index in [4.69, 9.17) is 0 Å². The molecule has 1 aromatic carbocycles. The van der Waals surface area contributed by atoms with Crippen LogP contribution in [0.25, 0.3) is 0 Å². The van der Waals surface area contributed by atoms with Gasteiger partial charge in [-0.2, -0.15) is 5.10 Å². The fourth-order valence-electron chi connectivity index (χ4n) is 1.39. The van der Waals surface area contributed by atoms with Crippen LogP contribution in [0, 0.1) is 18.6 Å². The standard InChI is InChI=1S/C11H8BrF2N3O/c1-5-4-15-17-9(5)11(18)16-10-7(13)3-2-6(12)8(10)14/h2-4H,1H3,(H,15,17)(H,16,18). The van der Waals surface area contributed by atoms with Crippen LogP contribution in [-0.2, 0) is 0 Å². The van der Waals surface area contributed by atoms with Crippen LogP contribution >= 0.6 is 15.9 Å². The Labute approximate surface area is 110 Å². The lowest BCUT2D eigenvalue weighted by atomic mass is 10.2. The number of aromatic nitrogens is 2. The van der Waals surface area contributed by atoms with E-state index in [1.165, 1.54) is 12.3 Å². The van der Waals surface area contributed by atoms with E-state index in [1.807, 2.05) is 0 Å². The van der Waals surface area contributed by atoms with Gasteiger partial charge in [0.2, 0.25) is 0 Å². The number of halogens is 3. The van der Waals surface area contributed by atoms with E-state index in [2.05, 4.69) is 31.4 Å². The molecule has 0 aliphatic heterocycles. The van der Waals surface area contributed by atoms with Gasteiger partial charge in [-0.15, -0.1) is 0 Å². The number of benzene rings is 1. The maximum atomic E-state index is 13.6. The molecular formula is C11H8BrF2N3O. The van der Waals surface area contributed by atoms with Crippen LogP contribution in [0.3, 0.4) is 0 Å². The van der Waals surface area contributed by atoms with Crippen molar-refractivity contribution < 1.29 is 13.6 Å². The molecule has 0 unspecified atom stereocenters. The second kappa shape index (κ2) is 4.85. The largest absolute Gasteiger partial charge is 0.316 e. The number of amides is 1. The lowest BCUT2D eigenvalue weighted by Crippen LogP contribution is -2.16. The molecule has 2 aromatic rings. The highest BCUT2D eigenvalue weighted by atomic mass is 79.9. The van der Waals surface area contributed by atoms with E-state index in [9.17, 15) is 13.6 Å². The van der Waals surface area contributed by atoms with Crippen molar-refractivity contribution in [2.75, 3.05) is 5.32 Å². The maximum Gasteiger partial charge on any atom is 0.274 e. The number of anilines is 1. The predicted octanol–water partition coefficient (Wildman–Crippen LogP) is 3.01. The lowest BCUT2D eigenvalue weighted by Gasteiger charge is -2.08. The number of carbonyl (C=O) groups excluding carboxylic acids is 1. The second-order valence-electron chi connectivity index (χ2n) is 3.60. The Balaban J connectivity index is 2.33. The van der Waals surface area contributed by atoms with Crippen LogP contribution in [0.2, 0.25) is 0 Å². The average Bonchev–Trinajstić information content (AvgIpc) is 2.76. The molecule has 0 atom stereocenters. The molecule has 2 N–H and O–H groups in total. The van der Waals surface area contributed by atoms with E-state index >= 15 is 0 Å². The van der Waals surface area contributed by atoms with Crippen molar-refractivity contribution in [1.29, 1.82) is 0 Å². The molecule has 18 heavy (non-hydrogen) atoms. The molecule has 2 rings (SSSR count). The van der Waals surface area contributed by atoms with Crippen molar-refractivity contribution >= 4 is 27.5 Å². The number of hydrogen-bond donors (Lipinski definition) is 2. The molecular weight excluding hydrogens is 308 g/mol. The zero-order chi connectivity index (χ0) is 13.3. The average molecular weight is 316 g/mol. The van der Waals surface area contributed by atoms with Crippen molar-refractivity contribution in [3.05, 3.63) is 45.7 Å². The molecule has 0 spiro atoms. The molecule has 1 aromatic heterocycles. The maximum absolute atomic E-state index is 13.6. The molecule has 0 aliphatic rings. The van der Waals surface area contributed by atoms with Crippen LogP contribution in [0.5, 0.6) is 0 Å². The Hall–Kier alpha value is -1.76. The molecule has 0 radical (unpaired) electrons. The van der Waals surface area contributed by atoms with Crippen LogP contribution in [-0.4, -0.2) is 16.1 Å². The summed E-state index contributed by atoms with van der Waals surface area (Å²) in [5.74, 6) is -2.36. The molecule has 94 valence electrons. The molecule has 7 heteroatoms. The molecule has 0 aliphatic carbocycles. The SMILES string of the molecule is Cc1cn[nH]c1C(=O)Nc1c(F)ccc(Br)c1F. The first-order valence-electron chi connectivity index (χ1n) is 4.95. The number of aromatic amines is 1. The molecule has 4 nitrogen and oxygen atoms in total. The van der Waals surface area contributed by atoms with Crippen molar-refractivity contribution in [2.45, 2.75) is 6.92 Å². The van der Waals surface area contributed by atoms with Crippen LogP contribution in [0.15, 0.2) is 22.8 Å².